The van der Waals surface area contributed by atoms with Gasteiger partial charge in [-0.25, -0.2) is 0 Å². The van der Waals surface area contributed by atoms with Gasteiger partial charge in [0, 0.05) is 44.3 Å². The van der Waals surface area contributed by atoms with Gasteiger partial charge in [-0.1, -0.05) is 42.5 Å². The van der Waals surface area contributed by atoms with Crippen LogP contribution in [-0.4, -0.2) is 37.0 Å². The number of nitrogens with zero attached hydrogens (tertiary/aromatic N) is 2. The Morgan fingerprint density at radius 1 is 1.00 bits per heavy atom. The fraction of sp³-hybridized carbons (Fsp3) is 0.350. The summed E-state index contributed by atoms with van der Waals surface area (Å²) in [7, 11) is 0. The maximum atomic E-state index is 12.5. The van der Waals surface area contributed by atoms with E-state index in [2.05, 4.69) is 36.1 Å². The Hall–Kier alpha value is -1.75. The van der Waals surface area contributed by atoms with E-state index in [4.69, 9.17) is 5.73 Å². The molecule has 2 aromatic carbocycles. The van der Waals surface area contributed by atoms with E-state index in [1.165, 1.54) is 11.3 Å². The zero-order valence-corrected chi connectivity index (χ0v) is 16.6. The van der Waals surface area contributed by atoms with Gasteiger partial charge >= 0.3 is 0 Å². The largest absolute Gasteiger partial charge is 0.368 e. The molecule has 0 bridgehead atoms. The highest BCUT2D eigenvalue weighted by Crippen LogP contribution is 2.19. The summed E-state index contributed by atoms with van der Waals surface area (Å²) in [5, 5.41) is 0. The van der Waals surface area contributed by atoms with Crippen LogP contribution in [0, 0.1) is 6.92 Å². The van der Waals surface area contributed by atoms with Crippen LogP contribution in [0.25, 0.3) is 0 Å². The van der Waals surface area contributed by atoms with Crippen molar-refractivity contribution in [2.45, 2.75) is 19.4 Å². The minimum absolute atomic E-state index is 0. The zero-order valence-electron chi connectivity index (χ0n) is 15.0. The third-order valence-corrected chi connectivity index (χ3v) is 4.62. The predicted octanol–water partition coefficient (Wildman–Crippen LogP) is 3.58. The molecule has 2 N–H and O–H groups in total. The fourth-order valence-electron chi connectivity index (χ4n) is 3.17. The Balaban J connectivity index is 0.00000169. The van der Waals surface area contributed by atoms with Crippen molar-refractivity contribution < 1.29 is 4.79 Å². The standard InChI is InChI=1S/C20H25N3O.2ClH/c1-16-6-5-9-18(14-16)22-10-12-23(13-11-22)20(24)15-19(21)17-7-3-2-4-8-17;;/h2-9,14,19H,10-13,15,21H2,1H3;2*1H. The molecule has 3 rings (SSSR count). The first-order valence-electron chi connectivity index (χ1n) is 8.53. The van der Waals surface area contributed by atoms with Gasteiger partial charge < -0.3 is 15.5 Å². The zero-order chi connectivity index (χ0) is 16.9. The number of hydrogen-bond acceptors (Lipinski definition) is 3. The van der Waals surface area contributed by atoms with E-state index in [0.29, 0.717) is 6.42 Å². The van der Waals surface area contributed by atoms with Gasteiger partial charge in [0.25, 0.3) is 0 Å². The van der Waals surface area contributed by atoms with Crippen LogP contribution >= 0.6 is 24.8 Å². The van der Waals surface area contributed by atoms with Crippen LogP contribution in [0.5, 0.6) is 0 Å². The van der Waals surface area contributed by atoms with Gasteiger partial charge in [-0.15, -0.1) is 24.8 Å². The number of nitrogens with two attached hydrogens (primary N) is 1. The summed E-state index contributed by atoms with van der Waals surface area (Å²) in [5.41, 5.74) is 9.70. The maximum absolute atomic E-state index is 12.5. The number of anilines is 1. The lowest BCUT2D eigenvalue weighted by atomic mass is 10.0. The maximum Gasteiger partial charge on any atom is 0.224 e. The molecule has 0 saturated carbocycles. The average Bonchev–Trinajstić information content (AvgIpc) is 2.62. The second kappa shape index (κ2) is 10.4. The molecule has 1 atom stereocenters. The van der Waals surface area contributed by atoms with E-state index in [9.17, 15) is 4.79 Å². The molecule has 1 aliphatic rings. The quantitative estimate of drug-likeness (QED) is 0.860. The molecule has 0 spiro atoms. The van der Waals surface area contributed by atoms with Gasteiger partial charge in [-0.2, -0.15) is 0 Å². The molecule has 1 fully saturated rings. The number of carbonyl (C=O) groups excluding carboxylic acids is 1. The molecule has 2 aromatic rings. The van der Waals surface area contributed by atoms with Crippen molar-refractivity contribution in [2.24, 2.45) is 5.73 Å². The van der Waals surface area contributed by atoms with Crippen LogP contribution in [0.1, 0.15) is 23.6 Å². The van der Waals surface area contributed by atoms with E-state index >= 15 is 0 Å². The number of benzene rings is 2. The molecule has 26 heavy (non-hydrogen) atoms. The summed E-state index contributed by atoms with van der Waals surface area (Å²) in [6.45, 7) is 5.36. The molecule has 142 valence electrons. The lowest BCUT2D eigenvalue weighted by molar-refractivity contribution is -0.131. The first kappa shape index (κ1) is 22.3. The van der Waals surface area contributed by atoms with Crippen molar-refractivity contribution >= 4 is 36.4 Å². The number of halogens is 2. The summed E-state index contributed by atoms with van der Waals surface area (Å²) in [6.07, 6.45) is 0.370. The van der Waals surface area contributed by atoms with Crippen LogP contribution in [0.3, 0.4) is 0 Å². The SMILES string of the molecule is Cc1cccc(N2CCN(C(=O)CC(N)c3ccccc3)CC2)c1.Cl.Cl. The molecule has 1 amide bonds. The van der Waals surface area contributed by atoms with E-state index < -0.39 is 0 Å². The normalized spacial score (nSPS) is 14.8. The molecule has 1 saturated heterocycles. The summed E-state index contributed by atoms with van der Waals surface area (Å²) in [4.78, 5) is 16.8. The molecular weight excluding hydrogens is 369 g/mol. The fourth-order valence-corrected chi connectivity index (χ4v) is 3.17. The minimum Gasteiger partial charge on any atom is -0.368 e. The molecule has 0 aromatic heterocycles. The number of aryl methyl sites for hydroxylation is 1. The van der Waals surface area contributed by atoms with Gasteiger partial charge in [-0.05, 0) is 30.2 Å². The van der Waals surface area contributed by atoms with E-state index in [0.717, 1.165) is 31.7 Å². The van der Waals surface area contributed by atoms with Crippen LogP contribution in [0.2, 0.25) is 0 Å². The lowest BCUT2D eigenvalue weighted by Crippen LogP contribution is -2.49. The second-order valence-corrected chi connectivity index (χ2v) is 6.43. The Bertz CT molecular complexity index is 688. The molecule has 1 unspecified atom stereocenters. The number of carbonyl (C=O) groups is 1. The van der Waals surface area contributed by atoms with E-state index in [-0.39, 0.29) is 36.8 Å². The van der Waals surface area contributed by atoms with E-state index in [1.807, 2.05) is 35.2 Å². The topological polar surface area (TPSA) is 49.6 Å². The number of amides is 1. The highest BCUT2D eigenvalue weighted by Gasteiger charge is 2.23. The second-order valence-electron chi connectivity index (χ2n) is 6.43. The Morgan fingerprint density at radius 3 is 2.27 bits per heavy atom. The van der Waals surface area contributed by atoms with Crippen LogP contribution in [-0.2, 0) is 4.79 Å². The Morgan fingerprint density at radius 2 is 1.65 bits per heavy atom. The Kier molecular flexibility index (Phi) is 8.93. The van der Waals surface area contributed by atoms with E-state index in [1.54, 1.807) is 0 Å². The van der Waals surface area contributed by atoms with Crippen molar-refractivity contribution in [1.29, 1.82) is 0 Å². The Labute approximate surface area is 168 Å². The van der Waals surface area contributed by atoms with Gasteiger partial charge in [0.15, 0.2) is 0 Å². The van der Waals surface area contributed by atoms with Crippen molar-refractivity contribution in [3.8, 4) is 0 Å². The highest BCUT2D eigenvalue weighted by atomic mass is 35.5. The molecule has 1 aliphatic heterocycles. The monoisotopic (exact) mass is 395 g/mol. The van der Waals surface area contributed by atoms with Gasteiger partial charge in [0.05, 0.1) is 0 Å². The number of hydrogen-bond donors (Lipinski definition) is 1. The highest BCUT2D eigenvalue weighted by molar-refractivity contribution is 5.85. The summed E-state index contributed by atoms with van der Waals surface area (Å²) >= 11 is 0. The average molecular weight is 396 g/mol. The number of piperazine rings is 1. The van der Waals surface area contributed by atoms with Crippen molar-refractivity contribution in [3.63, 3.8) is 0 Å². The molecule has 1 heterocycles. The van der Waals surface area contributed by atoms with Gasteiger partial charge in [0.1, 0.15) is 0 Å². The molecular formula is C20H27Cl2N3O. The van der Waals surface area contributed by atoms with Crippen molar-refractivity contribution in [1.82, 2.24) is 4.90 Å². The summed E-state index contributed by atoms with van der Waals surface area (Å²) < 4.78 is 0. The molecule has 0 radical (unpaired) electrons. The third kappa shape index (κ3) is 5.63. The third-order valence-electron chi connectivity index (χ3n) is 4.62. The molecule has 0 aliphatic carbocycles. The van der Waals surface area contributed by atoms with Crippen molar-refractivity contribution in [2.75, 3.05) is 31.1 Å². The first-order valence-corrected chi connectivity index (χ1v) is 8.53. The summed E-state index contributed by atoms with van der Waals surface area (Å²) in [6, 6.07) is 18.1. The van der Waals surface area contributed by atoms with Crippen LogP contribution in [0.15, 0.2) is 54.6 Å². The smallest absolute Gasteiger partial charge is 0.224 e. The van der Waals surface area contributed by atoms with Crippen LogP contribution < -0.4 is 10.6 Å². The minimum atomic E-state index is -0.228. The summed E-state index contributed by atoms with van der Waals surface area (Å²) in [5.74, 6) is 0.148. The van der Waals surface area contributed by atoms with Crippen molar-refractivity contribution in [3.05, 3.63) is 65.7 Å². The van der Waals surface area contributed by atoms with Crippen LogP contribution in [0.4, 0.5) is 5.69 Å². The van der Waals surface area contributed by atoms with Gasteiger partial charge in [0.2, 0.25) is 5.91 Å². The predicted molar refractivity (Wildman–Crippen MR) is 112 cm³/mol. The van der Waals surface area contributed by atoms with Gasteiger partial charge in [-0.3, -0.25) is 4.79 Å². The lowest BCUT2D eigenvalue weighted by Gasteiger charge is -2.36. The molecule has 4 nitrogen and oxygen atoms in total. The molecule has 6 heteroatoms. The number of rotatable bonds is 4. The first-order chi connectivity index (χ1) is 11.6.